The van der Waals surface area contributed by atoms with Crippen LogP contribution in [-0.2, 0) is 4.74 Å². The lowest BCUT2D eigenvalue weighted by Crippen LogP contribution is -2.34. The first-order valence-corrected chi connectivity index (χ1v) is 8.07. The number of nitrogens with zero attached hydrogens (tertiary/aromatic N) is 3. The van der Waals surface area contributed by atoms with Crippen molar-refractivity contribution in [3.8, 4) is 0 Å². The molecule has 6 heteroatoms. The van der Waals surface area contributed by atoms with Crippen molar-refractivity contribution >= 4 is 17.7 Å². The van der Waals surface area contributed by atoms with E-state index in [0.29, 0.717) is 12.2 Å². The highest BCUT2D eigenvalue weighted by molar-refractivity contribution is 7.98. The zero-order valence-corrected chi connectivity index (χ0v) is 13.7. The van der Waals surface area contributed by atoms with Crippen molar-refractivity contribution in [2.75, 3.05) is 27.0 Å². The molecule has 0 radical (unpaired) electrons. The zero-order chi connectivity index (χ0) is 15.9. The minimum Gasteiger partial charge on any atom is -0.382 e. The van der Waals surface area contributed by atoms with E-state index in [9.17, 15) is 4.79 Å². The van der Waals surface area contributed by atoms with Crippen LogP contribution in [0.4, 0.5) is 0 Å². The Bertz CT molecular complexity index is 622. The number of aromatic nitrogens is 2. The second kappa shape index (κ2) is 7.91. The molecular formula is C16H19N3O2S. The first-order valence-electron chi connectivity index (χ1n) is 6.85. The molecule has 0 aliphatic rings. The third-order valence-corrected chi connectivity index (χ3v) is 4.05. The lowest BCUT2D eigenvalue weighted by atomic mass is 10.1. The molecule has 1 amide bonds. The zero-order valence-electron chi connectivity index (χ0n) is 12.9. The van der Waals surface area contributed by atoms with Gasteiger partial charge in [-0.1, -0.05) is 6.07 Å². The van der Waals surface area contributed by atoms with E-state index in [1.807, 2.05) is 24.5 Å². The molecule has 22 heavy (non-hydrogen) atoms. The number of methoxy groups -OCH3 is 1. The first kappa shape index (κ1) is 16.5. The van der Waals surface area contributed by atoms with Gasteiger partial charge in [0.05, 0.1) is 23.9 Å². The van der Waals surface area contributed by atoms with E-state index in [0.717, 1.165) is 10.7 Å². The molecule has 0 saturated carbocycles. The summed E-state index contributed by atoms with van der Waals surface area (Å²) >= 11 is 1.46. The summed E-state index contributed by atoms with van der Waals surface area (Å²) in [5, 5.41) is 0.719. The molecule has 2 aromatic rings. The molecule has 1 atom stereocenters. The molecule has 0 N–H and O–H groups in total. The van der Waals surface area contributed by atoms with Gasteiger partial charge in [0.25, 0.3) is 5.91 Å². The number of amides is 1. The van der Waals surface area contributed by atoms with Gasteiger partial charge in [0.2, 0.25) is 0 Å². The molecule has 0 bridgehead atoms. The third kappa shape index (κ3) is 3.64. The van der Waals surface area contributed by atoms with E-state index >= 15 is 0 Å². The van der Waals surface area contributed by atoms with Crippen LogP contribution in [0, 0.1) is 0 Å². The molecule has 0 aliphatic heterocycles. The Morgan fingerprint density at radius 1 is 1.27 bits per heavy atom. The van der Waals surface area contributed by atoms with E-state index in [2.05, 4.69) is 9.97 Å². The topological polar surface area (TPSA) is 55.3 Å². The summed E-state index contributed by atoms with van der Waals surface area (Å²) in [6, 6.07) is 8.97. The van der Waals surface area contributed by atoms with Crippen LogP contribution in [0.3, 0.4) is 0 Å². The summed E-state index contributed by atoms with van der Waals surface area (Å²) in [5.74, 6) is -0.0925. The van der Waals surface area contributed by atoms with Crippen molar-refractivity contribution in [3.63, 3.8) is 0 Å². The maximum Gasteiger partial charge on any atom is 0.256 e. The first-order chi connectivity index (χ1) is 10.7. The quantitative estimate of drug-likeness (QED) is 0.767. The van der Waals surface area contributed by atoms with Gasteiger partial charge in [-0.2, -0.15) is 0 Å². The van der Waals surface area contributed by atoms with Crippen molar-refractivity contribution in [2.45, 2.75) is 11.1 Å². The van der Waals surface area contributed by atoms with Crippen LogP contribution in [0.2, 0.25) is 0 Å². The van der Waals surface area contributed by atoms with Crippen molar-refractivity contribution in [2.24, 2.45) is 0 Å². The van der Waals surface area contributed by atoms with Crippen LogP contribution in [0.5, 0.6) is 0 Å². The molecule has 1 unspecified atom stereocenters. The van der Waals surface area contributed by atoms with Gasteiger partial charge in [-0.25, -0.2) is 4.98 Å². The minimum absolute atomic E-state index is 0.0925. The van der Waals surface area contributed by atoms with Crippen LogP contribution < -0.4 is 0 Å². The average Bonchev–Trinajstić information content (AvgIpc) is 2.59. The van der Waals surface area contributed by atoms with Crippen LogP contribution in [-0.4, -0.2) is 47.8 Å². The number of hydrogen-bond acceptors (Lipinski definition) is 5. The van der Waals surface area contributed by atoms with Gasteiger partial charge in [0.1, 0.15) is 5.03 Å². The molecule has 0 spiro atoms. The Labute approximate surface area is 134 Å². The molecule has 0 aromatic carbocycles. The number of thioether (sulfide) groups is 1. The minimum atomic E-state index is -0.242. The molecule has 0 aliphatic carbocycles. The lowest BCUT2D eigenvalue weighted by molar-refractivity contribution is 0.0591. The number of carbonyl (C=O) groups is 1. The maximum atomic E-state index is 12.8. The summed E-state index contributed by atoms with van der Waals surface area (Å²) in [4.78, 5) is 23.0. The van der Waals surface area contributed by atoms with Gasteiger partial charge >= 0.3 is 0 Å². The highest BCUT2D eigenvalue weighted by Gasteiger charge is 2.25. The number of likely N-dealkylation sites (N-methyl/N-ethyl adjacent to an activating group) is 1. The normalized spacial score (nSPS) is 12.0. The van der Waals surface area contributed by atoms with E-state index in [-0.39, 0.29) is 11.9 Å². The van der Waals surface area contributed by atoms with Crippen LogP contribution >= 0.6 is 11.8 Å². The highest BCUT2D eigenvalue weighted by atomic mass is 32.2. The molecular weight excluding hydrogens is 298 g/mol. The fourth-order valence-corrected chi connectivity index (χ4v) is 2.72. The van der Waals surface area contributed by atoms with Crippen LogP contribution in [0.25, 0.3) is 0 Å². The number of hydrogen-bond donors (Lipinski definition) is 0. The largest absolute Gasteiger partial charge is 0.382 e. The fraction of sp³-hybridized carbons (Fsp3) is 0.312. The van der Waals surface area contributed by atoms with Crippen LogP contribution in [0.15, 0.2) is 47.8 Å². The summed E-state index contributed by atoms with van der Waals surface area (Å²) < 4.78 is 5.27. The Hall–Kier alpha value is -1.92. The summed E-state index contributed by atoms with van der Waals surface area (Å²) in [5.41, 5.74) is 1.39. The van der Waals surface area contributed by atoms with Crippen molar-refractivity contribution in [1.82, 2.24) is 14.9 Å². The molecule has 2 aromatic heterocycles. The van der Waals surface area contributed by atoms with Gasteiger partial charge in [-0.05, 0) is 30.5 Å². The second-order valence-electron chi connectivity index (χ2n) is 4.70. The van der Waals surface area contributed by atoms with Gasteiger partial charge in [-0.3, -0.25) is 9.78 Å². The maximum absolute atomic E-state index is 12.8. The van der Waals surface area contributed by atoms with E-state index in [4.69, 9.17) is 4.74 Å². The fourth-order valence-electron chi connectivity index (χ4n) is 2.17. The van der Waals surface area contributed by atoms with Crippen LogP contribution in [0.1, 0.15) is 22.1 Å². The SMILES string of the molecule is COCC(c1ccccn1)N(C)C(=O)c1cccnc1SC. The average molecular weight is 317 g/mol. The Morgan fingerprint density at radius 3 is 2.68 bits per heavy atom. The van der Waals surface area contributed by atoms with Gasteiger partial charge in [0, 0.05) is 26.6 Å². The summed E-state index contributed by atoms with van der Waals surface area (Å²) in [6.07, 6.45) is 5.31. The molecule has 5 nitrogen and oxygen atoms in total. The lowest BCUT2D eigenvalue weighted by Gasteiger charge is -2.27. The third-order valence-electron chi connectivity index (χ3n) is 3.34. The van der Waals surface area contributed by atoms with Gasteiger partial charge < -0.3 is 9.64 Å². The number of rotatable bonds is 6. The predicted octanol–water partition coefficient (Wildman–Crippen LogP) is 2.66. The standard InChI is InChI=1S/C16H19N3O2S/c1-19(14(11-21-2)13-8-4-5-9-17-13)16(20)12-7-6-10-18-15(12)22-3/h4-10,14H,11H2,1-3H3. The van der Waals surface area contributed by atoms with Gasteiger partial charge in [-0.15, -0.1) is 11.8 Å². The van der Waals surface area contributed by atoms with Gasteiger partial charge in [0.15, 0.2) is 0 Å². The summed E-state index contributed by atoms with van der Waals surface area (Å²) in [6.45, 7) is 0.383. The smallest absolute Gasteiger partial charge is 0.256 e. The molecule has 2 heterocycles. The monoisotopic (exact) mass is 317 g/mol. The Morgan fingerprint density at radius 2 is 2.05 bits per heavy atom. The van der Waals surface area contributed by atoms with E-state index in [1.165, 1.54) is 11.8 Å². The van der Waals surface area contributed by atoms with Crippen molar-refractivity contribution in [3.05, 3.63) is 54.0 Å². The summed E-state index contributed by atoms with van der Waals surface area (Å²) in [7, 11) is 3.38. The number of carbonyl (C=O) groups excluding carboxylic acids is 1. The molecule has 0 saturated heterocycles. The van der Waals surface area contributed by atoms with E-state index < -0.39 is 0 Å². The van der Waals surface area contributed by atoms with Crippen molar-refractivity contribution < 1.29 is 9.53 Å². The Balaban J connectivity index is 2.30. The second-order valence-corrected chi connectivity index (χ2v) is 5.50. The van der Waals surface area contributed by atoms with E-state index in [1.54, 1.807) is 43.6 Å². The molecule has 2 rings (SSSR count). The Kier molecular flexibility index (Phi) is 5.91. The number of ether oxygens (including phenoxy) is 1. The highest BCUT2D eigenvalue weighted by Crippen LogP contribution is 2.23. The van der Waals surface area contributed by atoms with Crippen molar-refractivity contribution in [1.29, 1.82) is 0 Å². The molecule has 0 fully saturated rings. The number of pyridine rings is 2. The predicted molar refractivity (Wildman–Crippen MR) is 87.0 cm³/mol. The molecule has 116 valence electrons.